The maximum absolute atomic E-state index is 8.68. The zero-order chi connectivity index (χ0) is 11.0. The zero-order valence-corrected chi connectivity index (χ0v) is 8.93. The van der Waals surface area contributed by atoms with Crippen molar-refractivity contribution in [2.24, 2.45) is 0 Å². The molecule has 2 aliphatic rings. The summed E-state index contributed by atoms with van der Waals surface area (Å²) in [6.45, 7) is 0.652. The molecule has 1 aliphatic carbocycles. The summed E-state index contributed by atoms with van der Waals surface area (Å²) in [5.41, 5.74) is 1.06. The molecule has 1 saturated heterocycles. The van der Waals surface area contributed by atoms with Crippen LogP contribution < -0.4 is 0 Å². The van der Waals surface area contributed by atoms with Gasteiger partial charge in [-0.05, 0) is 5.56 Å². The average molecular weight is 215 g/mol. The van der Waals surface area contributed by atoms with E-state index in [1.54, 1.807) is 0 Å². The van der Waals surface area contributed by atoms with E-state index in [0.717, 1.165) is 12.8 Å². The van der Waals surface area contributed by atoms with Crippen molar-refractivity contribution >= 4 is 0 Å². The first-order valence-electron chi connectivity index (χ1n) is 5.55. The molecular formula is C13H13NO2. The average Bonchev–Trinajstić information content (AvgIpc) is 3.01. The Morgan fingerprint density at radius 2 is 2.12 bits per heavy atom. The number of epoxide rings is 1. The highest BCUT2D eigenvalue weighted by Gasteiger charge is 2.65. The molecule has 0 amide bonds. The van der Waals surface area contributed by atoms with Gasteiger partial charge in [0.15, 0.2) is 6.10 Å². The predicted octanol–water partition coefficient (Wildman–Crippen LogP) is 2.03. The number of ether oxygens (including phenoxy) is 2. The summed E-state index contributed by atoms with van der Waals surface area (Å²) in [6.07, 6.45) is 1.83. The molecule has 1 heterocycles. The van der Waals surface area contributed by atoms with Gasteiger partial charge >= 0.3 is 0 Å². The Morgan fingerprint density at radius 1 is 1.38 bits per heavy atom. The maximum atomic E-state index is 8.68. The van der Waals surface area contributed by atoms with E-state index in [2.05, 4.69) is 18.2 Å². The van der Waals surface area contributed by atoms with Crippen LogP contribution in [-0.4, -0.2) is 17.8 Å². The second kappa shape index (κ2) is 3.58. The lowest BCUT2D eigenvalue weighted by atomic mass is 9.79. The van der Waals surface area contributed by atoms with Crippen molar-refractivity contribution in [3.8, 4) is 6.07 Å². The van der Waals surface area contributed by atoms with Crippen molar-refractivity contribution in [1.82, 2.24) is 0 Å². The normalized spacial score (nSPS) is 35.4. The summed E-state index contributed by atoms with van der Waals surface area (Å²) in [5.74, 6) is 0. The highest BCUT2D eigenvalue weighted by atomic mass is 16.6. The minimum absolute atomic E-state index is 0.129. The molecule has 1 saturated carbocycles. The highest BCUT2D eigenvalue weighted by molar-refractivity contribution is 5.21. The van der Waals surface area contributed by atoms with E-state index >= 15 is 0 Å². The van der Waals surface area contributed by atoms with E-state index in [1.165, 1.54) is 5.56 Å². The number of hydrogen-bond donors (Lipinski definition) is 0. The first-order valence-corrected chi connectivity index (χ1v) is 5.55. The number of rotatable bonds is 3. The van der Waals surface area contributed by atoms with Gasteiger partial charge in [0.05, 0.1) is 18.8 Å². The zero-order valence-electron chi connectivity index (χ0n) is 8.93. The Hall–Kier alpha value is -1.37. The molecule has 3 heteroatoms. The molecule has 0 aromatic heterocycles. The van der Waals surface area contributed by atoms with E-state index in [0.29, 0.717) is 6.61 Å². The van der Waals surface area contributed by atoms with Gasteiger partial charge in [-0.3, -0.25) is 0 Å². The van der Waals surface area contributed by atoms with Gasteiger partial charge in [0.25, 0.3) is 0 Å². The first kappa shape index (κ1) is 9.83. The topological polar surface area (TPSA) is 45.5 Å². The highest BCUT2D eigenvalue weighted by Crippen LogP contribution is 2.53. The largest absolute Gasteiger partial charge is 0.373 e. The third kappa shape index (κ3) is 1.60. The van der Waals surface area contributed by atoms with Crippen molar-refractivity contribution in [2.45, 2.75) is 37.3 Å². The lowest BCUT2D eigenvalue weighted by Crippen LogP contribution is -2.40. The first-order chi connectivity index (χ1) is 7.82. The van der Waals surface area contributed by atoms with Gasteiger partial charge in [0.2, 0.25) is 0 Å². The van der Waals surface area contributed by atoms with Crippen molar-refractivity contribution in [3.05, 3.63) is 35.9 Å². The van der Waals surface area contributed by atoms with Crippen molar-refractivity contribution in [2.75, 3.05) is 0 Å². The van der Waals surface area contributed by atoms with Crippen LogP contribution in [0, 0.1) is 11.3 Å². The third-order valence-electron chi connectivity index (χ3n) is 3.37. The summed E-state index contributed by atoms with van der Waals surface area (Å²) in [4.78, 5) is 0. The Kier molecular flexibility index (Phi) is 2.20. The fourth-order valence-corrected chi connectivity index (χ4v) is 2.27. The smallest absolute Gasteiger partial charge is 0.173 e. The Morgan fingerprint density at radius 3 is 2.75 bits per heavy atom. The standard InChI is InChI=1S/C13H13NO2/c14-8-12-13(16-12)6-11(7-13)15-9-10-4-2-1-3-5-10/h1-5,11-12H,6-7,9H2. The van der Waals surface area contributed by atoms with Crippen LogP contribution in [0.25, 0.3) is 0 Å². The molecule has 0 bridgehead atoms. The molecule has 3 nitrogen and oxygen atoms in total. The molecular weight excluding hydrogens is 202 g/mol. The van der Waals surface area contributed by atoms with Gasteiger partial charge in [0, 0.05) is 12.8 Å². The second-order valence-electron chi connectivity index (χ2n) is 4.52. The van der Waals surface area contributed by atoms with E-state index in [9.17, 15) is 0 Å². The van der Waals surface area contributed by atoms with Crippen LogP contribution in [-0.2, 0) is 16.1 Å². The molecule has 1 atom stereocenters. The van der Waals surface area contributed by atoms with E-state index in [4.69, 9.17) is 14.7 Å². The predicted molar refractivity (Wildman–Crippen MR) is 57.5 cm³/mol. The van der Waals surface area contributed by atoms with Gasteiger partial charge in [-0.2, -0.15) is 5.26 Å². The summed E-state index contributed by atoms with van der Waals surface area (Å²) in [5, 5.41) is 8.68. The monoisotopic (exact) mass is 215 g/mol. The number of benzene rings is 1. The van der Waals surface area contributed by atoms with Gasteiger partial charge in [0.1, 0.15) is 5.60 Å². The summed E-state index contributed by atoms with van der Waals surface area (Å²) in [6, 6.07) is 12.3. The number of nitriles is 1. The minimum atomic E-state index is -0.177. The van der Waals surface area contributed by atoms with Crippen LogP contribution in [0.15, 0.2) is 30.3 Å². The van der Waals surface area contributed by atoms with E-state index in [1.807, 2.05) is 18.2 Å². The minimum Gasteiger partial charge on any atom is -0.373 e. The van der Waals surface area contributed by atoms with Gasteiger partial charge in [-0.1, -0.05) is 30.3 Å². The van der Waals surface area contributed by atoms with Crippen LogP contribution in [0.5, 0.6) is 0 Å². The summed E-state index contributed by atoms with van der Waals surface area (Å²) >= 11 is 0. The van der Waals surface area contributed by atoms with Crippen LogP contribution in [0.3, 0.4) is 0 Å². The lowest BCUT2D eigenvalue weighted by Gasteiger charge is -2.32. The molecule has 1 aliphatic heterocycles. The van der Waals surface area contributed by atoms with E-state index < -0.39 is 0 Å². The molecule has 82 valence electrons. The Bertz CT molecular complexity index is 417. The molecule has 16 heavy (non-hydrogen) atoms. The molecule has 1 aromatic carbocycles. The van der Waals surface area contributed by atoms with Gasteiger partial charge in [-0.15, -0.1) is 0 Å². The summed E-state index contributed by atoms with van der Waals surface area (Å²) in [7, 11) is 0. The fourth-order valence-electron chi connectivity index (χ4n) is 2.27. The van der Waals surface area contributed by atoms with Crippen molar-refractivity contribution in [1.29, 1.82) is 5.26 Å². The van der Waals surface area contributed by atoms with Crippen LogP contribution in [0.4, 0.5) is 0 Å². The number of nitrogens with zero attached hydrogens (tertiary/aromatic N) is 1. The fraction of sp³-hybridized carbons (Fsp3) is 0.462. The molecule has 0 N–H and O–H groups in total. The quantitative estimate of drug-likeness (QED) is 0.725. The molecule has 1 unspecified atom stereocenters. The Labute approximate surface area is 94.6 Å². The maximum Gasteiger partial charge on any atom is 0.173 e. The molecule has 2 fully saturated rings. The third-order valence-corrected chi connectivity index (χ3v) is 3.37. The van der Waals surface area contributed by atoms with E-state index in [-0.39, 0.29) is 17.8 Å². The molecule has 1 aromatic rings. The molecule has 3 rings (SSSR count). The van der Waals surface area contributed by atoms with Crippen LogP contribution in [0.2, 0.25) is 0 Å². The Balaban J connectivity index is 1.45. The van der Waals surface area contributed by atoms with Crippen LogP contribution >= 0.6 is 0 Å². The molecule has 1 spiro atoms. The van der Waals surface area contributed by atoms with Crippen LogP contribution in [0.1, 0.15) is 18.4 Å². The van der Waals surface area contributed by atoms with Gasteiger partial charge in [-0.25, -0.2) is 0 Å². The lowest BCUT2D eigenvalue weighted by molar-refractivity contribution is -0.0520. The number of hydrogen-bond acceptors (Lipinski definition) is 3. The summed E-state index contributed by atoms with van der Waals surface area (Å²) < 4.78 is 11.1. The SMILES string of the molecule is N#CC1OC12CC(OCc1ccccc1)C2. The van der Waals surface area contributed by atoms with Gasteiger partial charge < -0.3 is 9.47 Å². The molecule has 0 radical (unpaired) electrons. The second-order valence-corrected chi connectivity index (χ2v) is 4.52. The van der Waals surface area contributed by atoms with Crippen molar-refractivity contribution < 1.29 is 9.47 Å². The van der Waals surface area contributed by atoms with Crippen molar-refractivity contribution in [3.63, 3.8) is 0 Å².